The Morgan fingerprint density at radius 1 is 1.30 bits per heavy atom. The van der Waals surface area contributed by atoms with E-state index in [9.17, 15) is 4.39 Å². The summed E-state index contributed by atoms with van der Waals surface area (Å²) in [6.45, 7) is 5.64. The predicted octanol–water partition coefficient (Wildman–Crippen LogP) is 2.01. The molecule has 20 heavy (non-hydrogen) atoms. The van der Waals surface area contributed by atoms with E-state index in [2.05, 4.69) is 10.2 Å². The molecule has 1 aromatic carbocycles. The fourth-order valence-electron chi connectivity index (χ4n) is 2.56. The van der Waals surface area contributed by atoms with Gasteiger partial charge in [0.05, 0.1) is 19.8 Å². The summed E-state index contributed by atoms with van der Waals surface area (Å²) in [4.78, 5) is 2.17. The van der Waals surface area contributed by atoms with Crippen molar-refractivity contribution in [2.75, 3.05) is 46.6 Å². The molecule has 112 valence electrons. The Morgan fingerprint density at radius 2 is 2.05 bits per heavy atom. The first-order chi connectivity index (χ1) is 9.80. The fourth-order valence-corrected chi connectivity index (χ4v) is 2.56. The van der Waals surface area contributed by atoms with Crippen LogP contribution in [-0.2, 0) is 0 Å². The molecule has 0 bridgehead atoms. The summed E-state index contributed by atoms with van der Waals surface area (Å²) in [6, 6.07) is 5.47. The van der Waals surface area contributed by atoms with Crippen molar-refractivity contribution in [3.05, 3.63) is 23.8 Å². The van der Waals surface area contributed by atoms with E-state index >= 15 is 0 Å². The Bertz CT molecular complexity index is 422. The maximum Gasteiger partial charge on any atom is 0.161 e. The highest BCUT2D eigenvalue weighted by molar-refractivity contribution is 5.44. The molecule has 1 fully saturated rings. The van der Waals surface area contributed by atoms with Gasteiger partial charge in [-0.3, -0.25) is 4.90 Å². The summed E-state index contributed by atoms with van der Waals surface area (Å²) in [6.07, 6.45) is 0. The molecule has 0 aromatic heterocycles. The number of hydrogen-bond acceptors (Lipinski definition) is 4. The summed E-state index contributed by atoms with van der Waals surface area (Å²) < 4.78 is 24.3. The lowest BCUT2D eigenvalue weighted by atomic mass is 10.0. The number of methoxy groups -OCH3 is 1. The highest BCUT2D eigenvalue weighted by atomic mass is 19.1. The van der Waals surface area contributed by atoms with Gasteiger partial charge in [-0.15, -0.1) is 0 Å². The van der Waals surface area contributed by atoms with E-state index in [1.807, 2.05) is 25.1 Å². The van der Waals surface area contributed by atoms with Crippen molar-refractivity contribution in [2.45, 2.75) is 13.0 Å². The minimum atomic E-state index is -0.391. The zero-order valence-electron chi connectivity index (χ0n) is 12.2. The number of benzene rings is 1. The first-order valence-electron chi connectivity index (χ1n) is 7.11. The highest BCUT2D eigenvalue weighted by Crippen LogP contribution is 2.32. The Kier molecular flexibility index (Phi) is 5.61. The van der Waals surface area contributed by atoms with Crippen LogP contribution in [0.1, 0.15) is 18.5 Å². The van der Waals surface area contributed by atoms with Crippen LogP contribution >= 0.6 is 0 Å². The summed E-state index contributed by atoms with van der Waals surface area (Å²) in [5, 5.41) is 3.29. The van der Waals surface area contributed by atoms with Crippen molar-refractivity contribution in [3.8, 4) is 11.5 Å². The molecule has 1 saturated heterocycles. The molecule has 1 N–H and O–H groups in total. The van der Waals surface area contributed by atoms with E-state index in [-0.39, 0.29) is 6.04 Å². The summed E-state index contributed by atoms with van der Waals surface area (Å²) in [5.74, 6) is 1.37. The van der Waals surface area contributed by atoms with Gasteiger partial charge in [-0.25, -0.2) is 4.39 Å². The number of nitrogens with zero attached hydrogens (tertiary/aromatic N) is 1. The van der Waals surface area contributed by atoms with Gasteiger partial charge < -0.3 is 14.8 Å². The van der Waals surface area contributed by atoms with Gasteiger partial charge in [0.15, 0.2) is 11.5 Å². The van der Waals surface area contributed by atoms with Crippen LogP contribution in [0.2, 0.25) is 0 Å². The Balaban J connectivity index is 2.22. The molecule has 0 aliphatic carbocycles. The average molecular weight is 282 g/mol. The van der Waals surface area contributed by atoms with Crippen LogP contribution in [0.5, 0.6) is 11.5 Å². The van der Waals surface area contributed by atoms with Crippen molar-refractivity contribution >= 4 is 0 Å². The smallest absolute Gasteiger partial charge is 0.161 e. The second-order valence-corrected chi connectivity index (χ2v) is 4.80. The number of rotatable bonds is 6. The molecule has 1 aromatic rings. The fraction of sp³-hybridized carbons (Fsp3) is 0.600. The number of ether oxygens (including phenoxy) is 2. The molecule has 0 saturated carbocycles. The third-order valence-corrected chi connectivity index (χ3v) is 3.61. The normalized spacial score (nSPS) is 17.8. The molecule has 5 heteroatoms. The molecule has 4 nitrogen and oxygen atoms in total. The van der Waals surface area contributed by atoms with Crippen molar-refractivity contribution in [3.63, 3.8) is 0 Å². The van der Waals surface area contributed by atoms with Gasteiger partial charge in [-0.2, -0.15) is 0 Å². The van der Waals surface area contributed by atoms with E-state index in [0.29, 0.717) is 18.1 Å². The lowest BCUT2D eigenvalue weighted by molar-refractivity contribution is 0.147. The minimum Gasteiger partial charge on any atom is -0.493 e. The number of piperazine rings is 1. The van der Waals surface area contributed by atoms with Crippen LogP contribution in [0.15, 0.2) is 18.2 Å². The van der Waals surface area contributed by atoms with Crippen LogP contribution in [0.3, 0.4) is 0 Å². The Hall–Kier alpha value is -1.33. The lowest BCUT2D eigenvalue weighted by Gasteiger charge is -2.33. The Morgan fingerprint density at radius 3 is 2.65 bits per heavy atom. The first kappa shape index (κ1) is 15.1. The molecule has 1 heterocycles. The molecule has 1 aliphatic heterocycles. The van der Waals surface area contributed by atoms with Gasteiger partial charge >= 0.3 is 0 Å². The van der Waals surface area contributed by atoms with Gasteiger partial charge in [-0.05, 0) is 24.6 Å². The third kappa shape index (κ3) is 3.41. The minimum absolute atomic E-state index is 0.206. The molecular formula is C15H23FN2O2. The van der Waals surface area contributed by atoms with E-state index < -0.39 is 6.67 Å². The molecule has 2 rings (SSSR count). The van der Waals surface area contributed by atoms with Crippen molar-refractivity contribution in [1.29, 1.82) is 0 Å². The summed E-state index contributed by atoms with van der Waals surface area (Å²) in [7, 11) is 1.61. The van der Waals surface area contributed by atoms with E-state index in [1.54, 1.807) is 7.11 Å². The second-order valence-electron chi connectivity index (χ2n) is 4.80. The third-order valence-electron chi connectivity index (χ3n) is 3.61. The topological polar surface area (TPSA) is 33.7 Å². The van der Waals surface area contributed by atoms with Crippen molar-refractivity contribution in [1.82, 2.24) is 10.2 Å². The number of hydrogen-bond donors (Lipinski definition) is 1. The van der Waals surface area contributed by atoms with Gasteiger partial charge in [0, 0.05) is 26.2 Å². The lowest BCUT2D eigenvalue weighted by Crippen LogP contribution is -2.45. The molecule has 1 aliphatic rings. The zero-order chi connectivity index (χ0) is 14.4. The molecule has 0 spiro atoms. The van der Waals surface area contributed by atoms with Crippen molar-refractivity contribution in [2.24, 2.45) is 0 Å². The zero-order valence-corrected chi connectivity index (χ0v) is 12.2. The van der Waals surface area contributed by atoms with E-state index in [0.717, 1.165) is 31.7 Å². The van der Waals surface area contributed by atoms with Gasteiger partial charge in [0.25, 0.3) is 0 Å². The maximum absolute atomic E-state index is 13.5. The quantitative estimate of drug-likeness (QED) is 0.865. The second kappa shape index (κ2) is 7.45. The molecule has 0 unspecified atom stereocenters. The number of alkyl halides is 1. The van der Waals surface area contributed by atoms with E-state index in [4.69, 9.17) is 9.47 Å². The molecule has 1 atom stereocenters. The Labute approximate surface area is 119 Å². The van der Waals surface area contributed by atoms with Gasteiger partial charge in [-0.1, -0.05) is 6.07 Å². The maximum atomic E-state index is 13.5. The number of nitrogens with one attached hydrogen (secondary N) is 1. The summed E-state index contributed by atoms with van der Waals surface area (Å²) >= 11 is 0. The highest BCUT2D eigenvalue weighted by Gasteiger charge is 2.23. The van der Waals surface area contributed by atoms with Crippen LogP contribution in [-0.4, -0.2) is 51.5 Å². The number of halogens is 1. The van der Waals surface area contributed by atoms with Crippen LogP contribution in [0.4, 0.5) is 4.39 Å². The van der Waals surface area contributed by atoms with Crippen LogP contribution in [0, 0.1) is 0 Å². The SMILES string of the molecule is CCOc1cc([C@H](CF)N2CCNCC2)ccc1OC. The molecule has 0 amide bonds. The van der Waals surface area contributed by atoms with Crippen molar-refractivity contribution < 1.29 is 13.9 Å². The monoisotopic (exact) mass is 282 g/mol. The standard InChI is InChI=1S/C15H23FN2O2/c1-3-20-15-10-12(4-5-14(15)19-2)13(11-16)18-8-6-17-7-9-18/h4-5,10,13,17H,3,6-9,11H2,1-2H3/t13-/m0/s1. The van der Waals surface area contributed by atoms with Crippen LogP contribution in [0.25, 0.3) is 0 Å². The summed E-state index contributed by atoms with van der Waals surface area (Å²) in [5.41, 5.74) is 0.943. The van der Waals surface area contributed by atoms with E-state index in [1.165, 1.54) is 0 Å². The molecular weight excluding hydrogens is 259 g/mol. The largest absolute Gasteiger partial charge is 0.493 e. The molecule has 0 radical (unpaired) electrons. The predicted molar refractivity (Wildman–Crippen MR) is 77.3 cm³/mol. The van der Waals surface area contributed by atoms with Gasteiger partial charge in [0.1, 0.15) is 6.67 Å². The van der Waals surface area contributed by atoms with Crippen LogP contribution < -0.4 is 14.8 Å². The average Bonchev–Trinajstić information content (AvgIpc) is 2.50. The first-order valence-corrected chi connectivity index (χ1v) is 7.11. The van der Waals surface area contributed by atoms with Gasteiger partial charge in [0.2, 0.25) is 0 Å².